The molecule has 19 heavy (non-hydrogen) atoms. The molecule has 0 aromatic carbocycles. The van der Waals surface area contributed by atoms with Gasteiger partial charge in [0.15, 0.2) is 6.23 Å². The number of primary amides is 1. The lowest BCUT2D eigenvalue weighted by molar-refractivity contribution is -0.111. The monoisotopic (exact) mass is 266 g/mol. The normalized spacial score (nSPS) is 23.0. The van der Waals surface area contributed by atoms with Crippen molar-refractivity contribution in [2.75, 3.05) is 12.0 Å². The van der Waals surface area contributed by atoms with Crippen LogP contribution in [0.3, 0.4) is 0 Å². The van der Waals surface area contributed by atoms with E-state index in [0.717, 1.165) is 9.96 Å². The molecule has 1 aliphatic heterocycles. The molecule has 3 amide bonds. The minimum atomic E-state index is -1.08. The lowest BCUT2D eigenvalue weighted by Crippen LogP contribution is -2.36. The van der Waals surface area contributed by atoms with Gasteiger partial charge in [-0.1, -0.05) is 0 Å². The number of carbonyl (C=O) groups is 2. The summed E-state index contributed by atoms with van der Waals surface area (Å²) >= 11 is 0. The predicted molar refractivity (Wildman–Crippen MR) is 64.9 cm³/mol. The zero-order valence-electron chi connectivity index (χ0n) is 10.5. The van der Waals surface area contributed by atoms with E-state index in [-0.39, 0.29) is 11.4 Å². The molecular weight excluding hydrogens is 252 g/mol. The Morgan fingerprint density at radius 3 is 2.63 bits per heavy atom. The number of aliphatic hydroxyl groups excluding tert-OH is 1. The van der Waals surface area contributed by atoms with Gasteiger partial charge in [0.2, 0.25) is 5.91 Å². The maximum absolute atomic E-state index is 12.0. The summed E-state index contributed by atoms with van der Waals surface area (Å²) in [6.07, 6.45) is 0.164. The third-order valence-electron chi connectivity index (χ3n) is 2.94. The number of carbonyl (C=O) groups excluding carboxylic acids is 2. The molecule has 2 rings (SSSR count). The van der Waals surface area contributed by atoms with Gasteiger partial charge in [-0.25, -0.2) is 14.7 Å². The Balaban J connectivity index is 2.31. The van der Waals surface area contributed by atoms with Gasteiger partial charge in [0.25, 0.3) is 0 Å². The number of nitrogens with two attached hydrogens (primary N) is 1. The molecule has 102 valence electrons. The van der Waals surface area contributed by atoms with E-state index >= 15 is 0 Å². The van der Waals surface area contributed by atoms with Crippen LogP contribution in [0.2, 0.25) is 0 Å². The van der Waals surface area contributed by atoms with Gasteiger partial charge in [-0.15, -0.1) is 0 Å². The number of anilines is 1. The van der Waals surface area contributed by atoms with Gasteiger partial charge >= 0.3 is 6.03 Å². The first-order valence-corrected chi connectivity index (χ1v) is 5.58. The third-order valence-corrected chi connectivity index (χ3v) is 2.94. The fourth-order valence-corrected chi connectivity index (χ4v) is 1.88. The van der Waals surface area contributed by atoms with Gasteiger partial charge in [-0.3, -0.25) is 9.63 Å². The van der Waals surface area contributed by atoms with Crippen LogP contribution in [0.1, 0.15) is 17.3 Å². The van der Waals surface area contributed by atoms with Crippen LogP contribution in [0.4, 0.5) is 10.6 Å². The van der Waals surface area contributed by atoms with Gasteiger partial charge in [-0.2, -0.15) is 5.06 Å². The Morgan fingerprint density at radius 2 is 2.21 bits per heavy atom. The van der Waals surface area contributed by atoms with E-state index in [0.29, 0.717) is 0 Å². The number of amides is 3. The summed E-state index contributed by atoms with van der Waals surface area (Å²) in [7, 11) is 1.34. The zero-order chi connectivity index (χ0) is 14.2. The Kier molecular flexibility index (Phi) is 3.36. The van der Waals surface area contributed by atoms with Crippen molar-refractivity contribution in [3.63, 3.8) is 0 Å². The number of nitrogens with zero attached hydrogens (tertiary/aromatic N) is 3. The summed E-state index contributed by atoms with van der Waals surface area (Å²) < 4.78 is 0. The molecule has 2 atom stereocenters. The molecule has 1 aromatic rings. The summed E-state index contributed by atoms with van der Waals surface area (Å²) in [5.74, 6) is -0.395. The van der Waals surface area contributed by atoms with Crippen LogP contribution < -0.4 is 10.6 Å². The van der Waals surface area contributed by atoms with Crippen LogP contribution in [0.5, 0.6) is 0 Å². The number of hydroxylamine groups is 2. The molecule has 1 aromatic heterocycles. The molecule has 1 aliphatic rings. The third kappa shape index (κ3) is 2.11. The highest BCUT2D eigenvalue weighted by atomic mass is 16.7. The fraction of sp³-hybridized carbons (Fsp3) is 0.364. The van der Waals surface area contributed by atoms with E-state index < -0.39 is 24.2 Å². The maximum atomic E-state index is 12.0. The van der Waals surface area contributed by atoms with E-state index in [1.165, 1.54) is 25.4 Å². The summed E-state index contributed by atoms with van der Waals surface area (Å²) in [5, 5.41) is 11.1. The first-order valence-electron chi connectivity index (χ1n) is 5.58. The standard InChI is InChI=1S/C11H14N4O4/c1-6-10(17)14(11(18)15(6)19-2)8-4-3-7(5-13-8)9(12)16/h3-6,10,17H,1-2H3,(H2,12,16). The van der Waals surface area contributed by atoms with Gasteiger partial charge in [-0.05, 0) is 19.1 Å². The number of pyridine rings is 1. The van der Waals surface area contributed by atoms with Gasteiger partial charge in [0, 0.05) is 6.20 Å². The lowest BCUT2D eigenvalue weighted by Gasteiger charge is -2.18. The van der Waals surface area contributed by atoms with E-state index in [9.17, 15) is 14.7 Å². The second-order valence-corrected chi connectivity index (χ2v) is 4.08. The van der Waals surface area contributed by atoms with Gasteiger partial charge < -0.3 is 10.8 Å². The minimum absolute atomic E-state index is 0.217. The Hall–Kier alpha value is -2.19. The smallest absolute Gasteiger partial charge is 0.352 e. The number of aliphatic hydroxyl groups is 1. The van der Waals surface area contributed by atoms with E-state index in [2.05, 4.69) is 4.98 Å². The van der Waals surface area contributed by atoms with Crippen molar-refractivity contribution in [1.29, 1.82) is 0 Å². The number of urea groups is 1. The molecule has 8 nitrogen and oxygen atoms in total. The van der Waals surface area contributed by atoms with Crippen molar-refractivity contribution in [2.45, 2.75) is 19.2 Å². The molecule has 2 heterocycles. The molecule has 0 bridgehead atoms. The van der Waals surface area contributed by atoms with Crippen molar-refractivity contribution >= 4 is 17.8 Å². The second kappa shape index (κ2) is 4.82. The van der Waals surface area contributed by atoms with Crippen molar-refractivity contribution in [1.82, 2.24) is 10.0 Å². The largest absolute Gasteiger partial charge is 0.371 e. The van der Waals surface area contributed by atoms with Crippen LogP contribution in [-0.2, 0) is 4.84 Å². The zero-order valence-corrected chi connectivity index (χ0v) is 10.5. The van der Waals surface area contributed by atoms with Gasteiger partial charge in [0.1, 0.15) is 11.9 Å². The molecule has 1 fully saturated rings. The molecule has 8 heteroatoms. The molecule has 0 radical (unpaired) electrons. The number of hydrogen-bond donors (Lipinski definition) is 2. The lowest BCUT2D eigenvalue weighted by atomic mass is 10.2. The van der Waals surface area contributed by atoms with Gasteiger partial charge in [0.05, 0.1) is 12.7 Å². The maximum Gasteiger partial charge on any atom is 0.352 e. The highest BCUT2D eigenvalue weighted by Crippen LogP contribution is 2.26. The predicted octanol–water partition coefficient (Wildman–Crippen LogP) is -0.309. The van der Waals surface area contributed by atoms with Crippen molar-refractivity contribution in [3.05, 3.63) is 23.9 Å². The van der Waals surface area contributed by atoms with Crippen molar-refractivity contribution < 1.29 is 19.5 Å². The molecule has 2 unspecified atom stereocenters. The molecule has 0 aliphatic carbocycles. The number of aromatic nitrogens is 1. The SMILES string of the molecule is CON1C(=O)N(c2ccc(C(N)=O)cn2)C(O)C1C. The summed E-state index contributed by atoms with van der Waals surface area (Å²) in [5.41, 5.74) is 5.32. The van der Waals surface area contributed by atoms with E-state index in [1.54, 1.807) is 6.92 Å². The molecule has 1 saturated heterocycles. The average Bonchev–Trinajstić information content (AvgIpc) is 2.60. The fourth-order valence-electron chi connectivity index (χ4n) is 1.88. The van der Waals surface area contributed by atoms with Crippen LogP contribution in [0.15, 0.2) is 18.3 Å². The highest BCUT2D eigenvalue weighted by molar-refractivity contribution is 5.95. The van der Waals surface area contributed by atoms with Crippen LogP contribution >= 0.6 is 0 Å². The van der Waals surface area contributed by atoms with Crippen LogP contribution in [0, 0.1) is 0 Å². The van der Waals surface area contributed by atoms with Crippen LogP contribution in [-0.4, -0.2) is 46.5 Å². The summed E-state index contributed by atoms with van der Waals surface area (Å²) in [6.45, 7) is 1.64. The molecular formula is C11H14N4O4. The summed E-state index contributed by atoms with van der Waals surface area (Å²) in [4.78, 5) is 32.9. The molecule has 0 saturated carbocycles. The summed E-state index contributed by atoms with van der Waals surface area (Å²) in [6, 6.07) is 1.81. The number of hydrogen-bond acceptors (Lipinski definition) is 5. The second-order valence-electron chi connectivity index (χ2n) is 4.08. The topological polar surface area (TPSA) is 109 Å². The first-order chi connectivity index (χ1) is 8.97. The Labute approximate surface area is 109 Å². The van der Waals surface area contributed by atoms with Crippen molar-refractivity contribution in [2.24, 2.45) is 5.73 Å². The molecule has 3 N–H and O–H groups in total. The first kappa shape index (κ1) is 13.2. The minimum Gasteiger partial charge on any atom is -0.371 e. The van der Waals surface area contributed by atoms with E-state index in [4.69, 9.17) is 10.6 Å². The van der Waals surface area contributed by atoms with Crippen LogP contribution in [0.25, 0.3) is 0 Å². The van der Waals surface area contributed by atoms with E-state index in [1.807, 2.05) is 0 Å². The number of rotatable bonds is 3. The quantitative estimate of drug-likeness (QED) is 0.780. The molecule has 0 spiro atoms. The highest BCUT2D eigenvalue weighted by Gasteiger charge is 2.44. The Morgan fingerprint density at radius 1 is 1.53 bits per heavy atom. The van der Waals surface area contributed by atoms with Crippen molar-refractivity contribution in [3.8, 4) is 0 Å². The Bertz CT molecular complexity index is 504. The average molecular weight is 266 g/mol.